The van der Waals surface area contributed by atoms with E-state index in [0.717, 1.165) is 19.2 Å². The molecular weight excluding hydrogens is 348 g/mol. The third-order valence-electron chi connectivity index (χ3n) is 4.04. The number of urea groups is 1. The molecule has 1 aliphatic heterocycles. The topological polar surface area (TPSA) is 75.0 Å². The Balaban J connectivity index is 1.58. The quantitative estimate of drug-likeness (QED) is 0.907. The maximum atomic E-state index is 13.7. The van der Waals surface area contributed by atoms with Gasteiger partial charge in [-0.15, -0.1) is 0 Å². The van der Waals surface area contributed by atoms with E-state index in [4.69, 9.17) is 4.42 Å². The van der Waals surface area contributed by atoms with Crippen LogP contribution in [-0.4, -0.2) is 55.0 Å². The number of hydrogen-bond acceptors (Lipinski definition) is 4. The first-order chi connectivity index (χ1) is 12.5. The Morgan fingerprint density at radius 2 is 1.73 bits per heavy atom. The number of anilines is 1. The van der Waals surface area contributed by atoms with Crippen molar-refractivity contribution in [2.75, 3.05) is 38.6 Å². The maximum absolute atomic E-state index is 13.7. The first-order valence-corrected chi connectivity index (χ1v) is 7.91. The summed E-state index contributed by atoms with van der Waals surface area (Å²) in [6.45, 7) is 1.25. The Hall–Kier alpha value is -3.10. The number of furan rings is 1. The molecule has 0 unspecified atom stereocenters. The van der Waals surface area contributed by atoms with Crippen molar-refractivity contribution in [2.45, 2.75) is 0 Å². The van der Waals surface area contributed by atoms with E-state index in [1.165, 1.54) is 11.2 Å². The molecule has 0 aliphatic carbocycles. The Morgan fingerprint density at radius 3 is 2.27 bits per heavy atom. The molecule has 7 nitrogen and oxygen atoms in total. The summed E-state index contributed by atoms with van der Waals surface area (Å²) in [5.74, 6) is -2.32. The standard InChI is InChI=1S/C17H17F2N3O4/c1-25-15-12(18)9-11(10-13(15)19)20-17(24)22-6-4-21(5-7-22)16(23)14-3-2-8-26-14/h2-3,8-10H,4-7H2,1H3,(H,20,24). The van der Waals surface area contributed by atoms with Crippen molar-refractivity contribution in [3.8, 4) is 5.75 Å². The lowest BCUT2D eigenvalue weighted by Gasteiger charge is -2.34. The van der Waals surface area contributed by atoms with E-state index in [-0.39, 0.29) is 17.4 Å². The van der Waals surface area contributed by atoms with E-state index >= 15 is 0 Å². The van der Waals surface area contributed by atoms with Gasteiger partial charge in [-0.05, 0) is 12.1 Å². The van der Waals surface area contributed by atoms with Gasteiger partial charge < -0.3 is 24.3 Å². The normalized spacial score (nSPS) is 14.3. The van der Waals surface area contributed by atoms with E-state index in [0.29, 0.717) is 26.2 Å². The SMILES string of the molecule is COc1c(F)cc(NC(=O)N2CCN(C(=O)c3ccco3)CC2)cc1F. The summed E-state index contributed by atoms with van der Waals surface area (Å²) in [5, 5.41) is 2.45. The van der Waals surface area contributed by atoms with Crippen molar-refractivity contribution in [3.63, 3.8) is 0 Å². The number of piperazine rings is 1. The van der Waals surface area contributed by atoms with E-state index in [2.05, 4.69) is 10.1 Å². The Kier molecular flexibility index (Phi) is 5.06. The second-order valence-electron chi connectivity index (χ2n) is 5.66. The van der Waals surface area contributed by atoms with Crippen LogP contribution in [0.4, 0.5) is 19.3 Å². The predicted octanol–water partition coefficient (Wildman–Crippen LogP) is 2.56. The maximum Gasteiger partial charge on any atom is 0.321 e. The molecule has 0 radical (unpaired) electrons. The van der Waals surface area contributed by atoms with Gasteiger partial charge in [-0.2, -0.15) is 0 Å². The highest BCUT2D eigenvalue weighted by atomic mass is 19.1. The zero-order valence-electron chi connectivity index (χ0n) is 14.0. The summed E-state index contributed by atoms with van der Waals surface area (Å²) in [6.07, 6.45) is 1.42. The van der Waals surface area contributed by atoms with Crippen molar-refractivity contribution in [1.29, 1.82) is 0 Å². The van der Waals surface area contributed by atoms with Gasteiger partial charge in [0, 0.05) is 44.0 Å². The number of nitrogens with one attached hydrogen (secondary N) is 1. The fourth-order valence-electron chi connectivity index (χ4n) is 2.70. The molecule has 26 heavy (non-hydrogen) atoms. The van der Waals surface area contributed by atoms with Crippen molar-refractivity contribution >= 4 is 17.6 Å². The molecule has 0 spiro atoms. The minimum atomic E-state index is -0.906. The highest BCUT2D eigenvalue weighted by Crippen LogP contribution is 2.25. The average Bonchev–Trinajstić information content (AvgIpc) is 3.15. The smallest absolute Gasteiger partial charge is 0.321 e. The van der Waals surface area contributed by atoms with Gasteiger partial charge in [-0.3, -0.25) is 4.79 Å². The monoisotopic (exact) mass is 365 g/mol. The highest BCUT2D eigenvalue weighted by molar-refractivity contribution is 5.92. The molecule has 0 bridgehead atoms. The Morgan fingerprint density at radius 1 is 1.12 bits per heavy atom. The van der Waals surface area contributed by atoms with Crippen molar-refractivity contribution in [1.82, 2.24) is 9.80 Å². The summed E-state index contributed by atoms with van der Waals surface area (Å²) >= 11 is 0. The van der Waals surface area contributed by atoms with Gasteiger partial charge in [0.2, 0.25) is 0 Å². The third-order valence-corrected chi connectivity index (χ3v) is 4.04. The Labute approximate surface area is 148 Å². The van der Waals surface area contributed by atoms with Gasteiger partial charge in [-0.1, -0.05) is 0 Å². The number of carbonyl (C=O) groups is 2. The number of ether oxygens (including phenoxy) is 1. The molecule has 9 heteroatoms. The first-order valence-electron chi connectivity index (χ1n) is 7.91. The van der Waals surface area contributed by atoms with Crippen LogP contribution in [0.5, 0.6) is 5.75 Å². The van der Waals surface area contributed by atoms with E-state index in [1.807, 2.05) is 0 Å². The van der Waals surface area contributed by atoms with Crippen LogP contribution >= 0.6 is 0 Å². The zero-order chi connectivity index (χ0) is 18.7. The number of carbonyl (C=O) groups excluding carboxylic acids is 2. The van der Waals surface area contributed by atoms with Crippen LogP contribution in [-0.2, 0) is 0 Å². The number of benzene rings is 1. The number of amides is 3. The van der Waals surface area contributed by atoms with Crippen molar-refractivity contribution < 1.29 is 27.5 Å². The fourth-order valence-corrected chi connectivity index (χ4v) is 2.70. The molecule has 1 N–H and O–H groups in total. The minimum Gasteiger partial charge on any atom is -0.491 e. The van der Waals surface area contributed by atoms with Crippen LogP contribution < -0.4 is 10.1 Å². The molecule has 1 saturated heterocycles. The largest absolute Gasteiger partial charge is 0.491 e. The molecule has 1 aromatic carbocycles. The van der Waals surface area contributed by atoms with E-state index in [9.17, 15) is 18.4 Å². The lowest BCUT2D eigenvalue weighted by atomic mass is 10.2. The zero-order valence-corrected chi connectivity index (χ0v) is 14.0. The summed E-state index contributed by atoms with van der Waals surface area (Å²) in [4.78, 5) is 27.5. The van der Waals surface area contributed by atoms with Crippen LogP contribution in [0.2, 0.25) is 0 Å². The lowest BCUT2D eigenvalue weighted by Crippen LogP contribution is -2.51. The minimum absolute atomic E-state index is 0.0140. The third kappa shape index (κ3) is 3.61. The summed E-state index contributed by atoms with van der Waals surface area (Å²) in [5.41, 5.74) is -0.0140. The molecular formula is C17H17F2N3O4. The van der Waals surface area contributed by atoms with Crippen LogP contribution in [0.25, 0.3) is 0 Å². The molecule has 138 valence electrons. The second-order valence-corrected chi connectivity index (χ2v) is 5.66. The average molecular weight is 365 g/mol. The van der Waals surface area contributed by atoms with Crippen LogP contribution in [0.1, 0.15) is 10.6 Å². The molecule has 1 aliphatic rings. The molecule has 0 atom stereocenters. The molecule has 3 amide bonds. The van der Waals surface area contributed by atoms with Gasteiger partial charge in [0.05, 0.1) is 13.4 Å². The summed E-state index contributed by atoms with van der Waals surface area (Å²) < 4.78 is 37.1. The molecule has 2 heterocycles. The molecule has 1 fully saturated rings. The van der Waals surface area contributed by atoms with E-state index < -0.39 is 23.4 Å². The van der Waals surface area contributed by atoms with E-state index in [1.54, 1.807) is 17.0 Å². The molecule has 0 saturated carbocycles. The van der Waals surface area contributed by atoms with Crippen molar-refractivity contribution in [3.05, 3.63) is 47.9 Å². The number of methoxy groups -OCH3 is 1. The number of hydrogen-bond donors (Lipinski definition) is 1. The van der Waals surface area contributed by atoms with Crippen LogP contribution in [0.15, 0.2) is 34.9 Å². The first kappa shape index (κ1) is 17.7. The van der Waals surface area contributed by atoms with Gasteiger partial charge >= 0.3 is 6.03 Å². The number of rotatable bonds is 3. The number of nitrogens with zero attached hydrogens (tertiary/aromatic N) is 2. The van der Waals surface area contributed by atoms with Gasteiger partial charge in [-0.25, -0.2) is 13.6 Å². The Bertz CT molecular complexity index is 779. The van der Waals surface area contributed by atoms with Gasteiger partial charge in [0.1, 0.15) is 0 Å². The fraction of sp³-hybridized carbons (Fsp3) is 0.294. The summed E-state index contributed by atoms with van der Waals surface area (Å²) in [7, 11) is 1.16. The molecule has 2 aromatic rings. The highest BCUT2D eigenvalue weighted by Gasteiger charge is 2.26. The second kappa shape index (κ2) is 7.42. The number of halogens is 2. The van der Waals surface area contributed by atoms with Crippen LogP contribution in [0.3, 0.4) is 0 Å². The summed E-state index contributed by atoms with van der Waals surface area (Å²) in [6, 6.07) is 4.67. The predicted molar refractivity (Wildman–Crippen MR) is 88.1 cm³/mol. The lowest BCUT2D eigenvalue weighted by molar-refractivity contribution is 0.0640. The molecule has 1 aromatic heterocycles. The van der Waals surface area contributed by atoms with Crippen molar-refractivity contribution in [2.24, 2.45) is 0 Å². The van der Waals surface area contributed by atoms with Crippen LogP contribution in [0, 0.1) is 11.6 Å². The van der Waals surface area contributed by atoms with Gasteiger partial charge in [0.25, 0.3) is 5.91 Å². The molecule has 3 rings (SSSR count). The van der Waals surface area contributed by atoms with Gasteiger partial charge in [0.15, 0.2) is 23.1 Å².